The lowest BCUT2D eigenvalue weighted by Crippen LogP contribution is -2.32. The quantitative estimate of drug-likeness (QED) is 0.578. The highest BCUT2D eigenvalue weighted by Gasteiger charge is 2.18. The Morgan fingerprint density at radius 3 is 2.62 bits per heavy atom. The van der Waals surface area contributed by atoms with Crippen LogP contribution in [0.4, 0.5) is 0 Å². The van der Waals surface area contributed by atoms with Gasteiger partial charge in [-0.15, -0.1) is 0 Å². The summed E-state index contributed by atoms with van der Waals surface area (Å²) >= 11 is 3.54. The van der Waals surface area contributed by atoms with E-state index >= 15 is 0 Å². The third kappa shape index (κ3) is 1.80. The van der Waals surface area contributed by atoms with Crippen LogP contribution in [-0.4, -0.2) is 0 Å². The number of nitrogens with zero attached hydrogens (tertiary/aromatic N) is 1. The van der Waals surface area contributed by atoms with Crippen molar-refractivity contribution < 1.29 is 4.73 Å². The summed E-state index contributed by atoms with van der Waals surface area (Å²) in [6.07, 6.45) is 1.66. The highest BCUT2D eigenvalue weighted by Crippen LogP contribution is 2.29. The van der Waals surface area contributed by atoms with E-state index in [1.165, 1.54) is 0 Å². The van der Waals surface area contributed by atoms with E-state index in [1.54, 1.807) is 6.20 Å². The van der Waals surface area contributed by atoms with E-state index in [2.05, 4.69) is 28.1 Å². The van der Waals surface area contributed by atoms with Crippen molar-refractivity contribution >= 4 is 26.7 Å². The van der Waals surface area contributed by atoms with Crippen molar-refractivity contribution in [3.05, 3.63) is 45.3 Å². The fourth-order valence-electron chi connectivity index (χ4n) is 1.93. The van der Waals surface area contributed by atoms with Crippen molar-refractivity contribution in [2.24, 2.45) is 0 Å². The smallest absolute Gasteiger partial charge is 0.210 e. The van der Waals surface area contributed by atoms with Gasteiger partial charge >= 0.3 is 0 Å². The van der Waals surface area contributed by atoms with Gasteiger partial charge in [-0.2, -0.15) is 4.73 Å². The molecule has 84 valence electrons. The van der Waals surface area contributed by atoms with Crippen LogP contribution < -0.4 is 4.73 Å². The molecule has 1 aromatic heterocycles. The number of benzene rings is 1. The van der Waals surface area contributed by atoms with Crippen LogP contribution in [0.15, 0.2) is 28.9 Å². The Labute approximate surface area is 104 Å². The third-order valence-corrected chi connectivity index (χ3v) is 3.54. The summed E-state index contributed by atoms with van der Waals surface area (Å²) in [5.41, 5.74) is 1.95. The first-order chi connectivity index (χ1) is 7.50. The molecule has 3 heteroatoms. The van der Waals surface area contributed by atoms with Crippen molar-refractivity contribution in [3.8, 4) is 0 Å². The highest BCUT2D eigenvalue weighted by molar-refractivity contribution is 9.10. The molecule has 2 rings (SSSR count). The van der Waals surface area contributed by atoms with Crippen molar-refractivity contribution in [3.63, 3.8) is 0 Å². The van der Waals surface area contributed by atoms with Gasteiger partial charge in [0.25, 0.3) is 0 Å². The van der Waals surface area contributed by atoms with E-state index in [4.69, 9.17) is 0 Å². The van der Waals surface area contributed by atoms with Gasteiger partial charge in [-0.3, -0.25) is 0 Å². The van der Waals surface area contributed by atoms with Crippen LogP contribution in [-0.2, 0) is 0 Å². The van der Waals surface area contributed by atoms with Gasteiger partial charge in [-0.25, -0.2) is 0 Å². The lowest BCUT2D eigenvalue weighted by atomic mass is 10.0. The van der Waals surface area contributed by atoms with Gasteiger partial charge in [0.2, 0.25) is 5.69 Å². The molecule has 16 heavy (non-hydrogen) atoms. The molecule has 2 nitrogen and oxygen atoms in total. The number of fused-ring (bicyclic) bond motifs is 1. The number of aromatic nitrogens is 1. The van der Waals surface area contributed by atoms with Crippen LogP contribution in [0.25, 0.3) is 10.8 Å². The van der Waals surface area contributed by atoms with Gasteiger partial charge in [-0.1, -0.05) is 31.5 Å². The highest BCUT2D eigenvalue weighted by atomic mass is 79.9. The molecular formula is C13H14BrNO. The standard InChI is InChI=1S/C13H14BrNO/c1-8(2)13-12(14)11-5-4-9(3)6-10(11)7-15(13)16/h4-8H,1-3H3. The van der Waals surface area contributed by atoms with Gasteiger partial charge in [-0.05, 0) is 28.9 Å². The Morgan fingerprint density at radius 2 is 2.00 bits per heavy atom. The maximum absolute atomic E-state index is 11.9. The minimum Gasteiger partial charge on any atom is -0.618 e. The molecule has 0 unspecified atom stereocenters. The Kier molecular flexibility index (Phi) is 2.89. The van der Waals surface area contributed by atoms with Gasteiger partial charge < -0.3 is 5.21 Å². The average molecular weight is 280 g/mol. The van der Waals surface area contributed by atoms with E-state index in [9.17, 15) is 5.21 Å². The molecular weight excluding hydrogens is 266 g/mol. The molecule has 1 aromatic carbocycles. The summed E-state index contributed by atoms with van der Waals surface area (Å²) in [6.45, 7) is 6.07. The lowest BCUT2D eigenvalue weighted by molar-refractivity contribution is -0.614. The summed E-state index contributed by atoms with van der Waals surface area (Å²) in [7, 11) is 0. The van der Waals surface area contributed by atoms with E-state index < -0.39 is 0 Å². The summed E-state index contributed by atoms with van der Waals surface area (Å²) < 4.78 is 1.88. The molecule has 0 bridgehead atoms. The predicted molar refractivity (Wildman–Crippen MR) is 69.4 cm³/mol. The SMILES string of the molecule is Cc1ccc2c(Br)c(C(C)C)[n+]([O-])cc2c1. The van der Waals surface area contributed by atoms with Crippen LogP contribution in [0.1, 0.15) is 31.0 Å². The van der Waals surface area contributed by atoms with Gasteiger partial charge in [0, 0.05) is 16.7 Å². The number of aryl methyl sites for hydroxylation is 1. The Balaban J connectivity index is 2.83. The molecule has 0 amide bonds. The number of hydrogen-bond acceptors (Lipinski definition) is 1. The maximum Gasteiger partial charge on any atom is 0.210 e. The largest absolute Gasteiger partial charge is 0.618 e. The van der Waals surface area contributed by atoms with Crippen LogP contribution in [0.3, 0.4) is 0 Å². The van der Waals surface area contributed by atoms with Gasteiger partial charge in [0.1, 0.15) is 0 Å². The minimum absolute atomic E-state index is 0.206. The van der Waals surface area contributed by atoms with E-state index in [0.717, 1.165) is 31.2 Å². The molecule has 0 saturated carbocycles. The number of pyridine rings is 1. The molecule has 0 aliphatic carbocycles. The average Bonchev–Trinajstić information content (AvgIpc) is 2.15. The van der Waals surface area contributed by atoms with Crippen LogP contribution in [0.5, 0.6) is 0 Å². The summed E-state index contributed by atoms with van der Waals surface area (Å²) in [5.74, 6) is 0.206. The fraction of sp³-hybridized carbons (Fsp3) is 0.308. The Morgan fingerprint density at radius 1 is 1.31 bits per heavy atom. The molecule has 0 aliphatic heterocycles. The van der Waals surface area contributed by atoms with Crippen molar-refractivity contribution in [1.29, 1.82) is 0 Å². The second-order valence-electron chi connectivity index (χ2n) is 4.40. The maximum atomic E-state index is 11.9. The summed E-state index contributed by atoms with van der Waals surface area (Å²) in [6, 6.07) is 6.14. The van der Waals surface area contributed by atoms with Crippen LogP contribution >= 0.6 is 15.9 Å². The van der Waals surface area contributed by atoms with Crippen LogP contribution in [0, 0.1) is 12.1 Å². The molecule has 0 saturated heterocycles. The molecule has 2 aromatic rings. The molecule has 0 N–H and O–H groups in total. The lowest BCUT2D eigenvalue weighted by Gasteiger charge is -2.12. The normalized spacial score (nSPS) is 11.3. The van der Waals surface area contributed by atoms with E-state index in [1.807, 2.05) is 26.8 Å². The van der Waals surface area contributed by atoms with Crippen molar-refractivity contribution in [2.75, 3.05) is 0 Å². The molecule has 0 spiro atoms. The molecule has 0 atom stereocenters. The zero-order chi connectivity index (χ0) is 11.9. The molecule has 0 fully saturated rings. The second kappa shape index (κ2) is 4.06. The zero-order valence-corrected chi connectivity index (χ0v) is 11.2. The Hall–Kier alpha value is -1.09. The van der Waals surface area contributed by atoms with Crippen molar-refractivity contribution in [2.45, 2.75) is 26.7 Å². The first-order valence-electron chi connectivity index (χ1n) is 5.32. The Bertz CT molecular complexity index is 549. The third-order valence-electron chi connectivity index (χ3n) is 2.71. The molecule has 0 aliphatic rings. The van der Waals surface area contributed by atoms with E-state index in [0.29, 0.717) is 0 Å². The topological polar surface area (TPSA) is 26.9 Å². The first-order valence-corrected chi connectivity index (χ1v) is 6.12. The zero-order valence-electron chi connectivity index (χ0n) is 9.62. The monoisotopic (exact) mass is 279 g/mol. The van der Waals surface area contributed by atoms with Crippen LogP contribution in [0.2, 0.25) is 0 Å². The minimum atomic E-state index is 0.206. The number of rotatable bonds is 1. The predicted octanol–water partition coefficient (Wildman–Crippen LogP) is 3.67. The summed E-state index contributed by atoms with van der Waals surface area (Å²) in [5, 5.41) is 14.0. The number of hydrogen-bond donors (Lipinski definition) is 0. The molecule has 0 radical (unpaired) electrons. The second-order valence-corrected chi connectivity index (χ2v) is 5.19. The van der Waals surface area contributed by atoms with Gasteiger partial charge in [0.15, 0.2) is 6.20 Å². The van der Waals surface area contributed by atoms with Crippen molar-refractivity contribution in [1.82, 2.24) is 0 Å². The van der Waals surface area contributed by atoms with Gasteiger partial charge in [0.05, 0.1) is 4.47 Å². The first kappa shape index (κ1) is 11.4. The fourth-order valence-corrected chi connectivity index (χ4v) is 2.92. The molecule has 1 heterocycles. The van der Waals surface area contributed by atoms with E-state index in [-0.39, 0.29) is 5.92 Å². The summed E-state index contributed by atoms with van der Waals surface area (Å²) in [4.78, 5) is 0. The number of halogens is 1.